The molecule has 0 spiro atoms. The smallest absolute Gasteiger partial charge is 0.223 e. The number of hydrogen-bond donors (Lipinski definition) is 1. The van der Waals surface area contributed by atoms with E-state index in [1.54, 1.807) is 0 Å². The molecule has 4 bridgehead atoms. The molecule has 4 saturated carbocycles. The highest BCUT2D eigenvalue weighted by atomic mass is 32.2. The third-order valence-corrected chi connectivity index (χ3v) is 7.80. The summed E-state index contributed by atoms with van der Waals surface area (Å²) < 4.78 is 0. The van der Waals surface area contributed by atoms with Gasteiger partial charge in [-0.25, -0.2) is 0 Å². The minimum atomic E-state index is -0.211. The van der Waals surface area contributed by atoms with Crippen LogP contribution in [0.5, 0.6) is 0 Å². The number of carbonyl (C=O) groups is 1. The third-order valence-electron chi connectivity index (χ3n) is 6.77. The molecule has 118 valence electrons. The van der Waals surface area contributed by atoms with Gasteiger partial charge in [0.15, 0.2) is 0 Å². The van der Waals surface area contributed by atoms with Crippen LogP contribution in [0, 0.1) is 23.2 Å². The van der Waals surface area contributed by atoms with Gasteiger partial charge in [-0.05, 0) is 65.9 Å². The molecule has 3 heteroatoms. The Labute approximate surface area is 137 Å². The molecule has 0 saturated heterocycles. The van der Waals surface area contributed by atoms with Crippen LogP contribution in [0.15, 0.2) is 30.3 Å². The minimum Gasteiger partial charge on any atom is -0.369 e. The summed E-state index contributed by atoms with van der Waals surface area (Å²) in [5.41, 5.74) is 7.39. The minimum absolute atomic E-state index is 0.0241. The van der Waals surface area contributed by atoms with Crippen LogP contribution in [0.4, 0.5) is 0 Å². The van der Waals surface area contributed by atoms with Gasteiger partial charge < -0.3 is 5.73 Å². The Morgan fingerprint density at radius 1 is 1.27 bits per heavy atom. The lowest BCUT2D eigenvalue weighted by Gasteiger charge is -2.42. The molecule has 5 atom stereocenters. The normalized spacial score (nSPS) is 42.0. The van der Waals surface area contributed by atoms with Gasteiger partial charge >= 0.3 is 0 Å². The van der Waals surface area contributed by atoms with Crippen LogP contribution in [0.25, 0.3) is 0 Å². The SMILES string of the molecule is CCSCC1C2CC3(c4ccccc4)CC1C(C(N)=O)(C2)C3. The van der Waals surface area contributed by atoms with Crippen molar-refractivity contribution in [3.63, 3.8) is 0 Å². The molecule has 5 rings (SSSR count). The second-order valence-electron chi connectivity index (χ2n) is 7.65. The van der Waals surface area contributed by atoms with E-state index in [9.17, 15) is 4.79 Å². The van der Waals surface area contributed by atoms with E-state index in [4.69, 9.17) is 5.73 Å². The van der Waals surface area contributed by atoms with Crippen molar-refractivity contribution < 1.29 is 4.79 Å². The lowest BCUT2D eigenvalue weighted by Crippen LogP contribution is -2.41. The van der Waals surface area contributed by atoms with Crippen molar-refractivity contribution in [2.75, 3.05) is 11.5 Å². The number of carbonyl (C=O) groups excluding carboxylic acids is 1. The molecule has 0 aromatic heterocycles. The van der Waals surface area contributed by atoms with Gasteiger partial charge in [0.1, 0.15) is 0 Å². The number of primary amides is 1. The van der Waals surface area contributed by atoms with E-state index in [0.29, 0.717) is 17.8 Å². The van der Waals surface area contributed by atoms with Crippen molar-refractivity contribution in [3.05, 3.63) is 35.9 Å². The Bertz CT molecular complexity index is 588. The van der Waals surface area contributed by atoms with E-state index < -0.39 is 0 Å². The van der Waals surface area contributed by atoms with E-state index in [2.05, 4.69) is 37.3 Å². The van der Waals surface area contributed by atoms with E-state index in [1.807, 2.05) is 11.8 Å². The van der Waals surface area contributed by atoms with E-state index in [0.717, 1.165) is 12.8 Å². The first kappa shape index (κ1) is 14.6. The van der Waals surface area contributed by atoms with Gasteiger partial charge in [0.25, 0.3) is 0 Å². The summed E-state index contributed by atoms with van der Waals surface area (Å²) >= 11 is 2.04. The first-order valence-electron chi connectivity index (χ1n) is 8.54. The summed E-state index contributed by atoms with van der Waals surface area (Å²) in [7, 11) is 0. The zero-order valence-corrected chi connectivity index (χ0v) is 14.1. The van der Waals surface area contributed by atoms with Crippen molar-refractivity contribution in [3.8, 4) is 0 Å². The molecule has 4 aliphatic carbocycles. The maximum absolute atomic E-state index is 12.4. The average Bonchev–Trinajstić information content (AvgIpc) is 2.90. The number of benzene rings is 1. The van der Waals surface area contributed by atoms with E-state index in [-0.39, 0.29) is 16.7 Å². The fraction of sp³-hybridized carbons (Fsp3) is 0.632. The topological polar surface area (TPSA) is 43.1 Å². The fourth-order valence-corrected chi connectivity index (χ4v) is 7.06. The first-order valence-corrected chi connectivity index (χ1v) is 9.70. The van der Waals surface area contributed by atoms with Crippen molar-refractivity contribution in [1.29, 1.82) is 0 Å². The zero-order chi connectivity index (χ0) is 15.4. The predicted octanol–water partition coefficient (Wildman–Crippen LogP) is 3.60. The maximum atomic E-state index is 12.4. The van der Waals surface area contributed by atoms with Crippen molar-refractivity contribution in [2.45, 2.75) is 38.0 Å². The summed E-state index contributed by atoms with van der Waals surface area (Å²) in [5.74, 6) is 4.28. The summed E-state index contributed by atoms with van der Waals surface area (Å²) in [5, 5.41) is 0. The van der Waals surface area contributed by atoms with Gasteiger partial charge in [0.05, 0.1) is 5.41 Å². The van der Waals surface area contributed by atoms with Crippen LogP contribution in [-0.2, 0) is 10.2 Å². The van der Waals surface area contributed by atoms with Gasteiger partial charge in [-0.3, -0.25) is 4.79 Å². The van der Waals surface area contributed by atoms with Gasteiger partial charge in [0, 0.05) is 0 Å². The summed E-state index contributed by atoms with van der Waals surface area (Å²) in [6.07, 6.45) is 4.48. The van der Waals surface area contributed by atoms with E-state index >= 15 is 0 Å². The second kappa shape index (κ2) is 5.02. The lowest BCUT2D eigenvalue weighted by molar-refractivity contribution is -0.129. The Kier molecular flexibility index (Phi) is 3.34. The molecule has 1 aromatic rings. The highest BCUT2D eigenvalue weighted by Gasteiger charge is 2.70. The highest BCUT2D eigenvalue weighted by molar-refractivity contribution is 7.99. The summed E-state index contributed by atoms with van der Waals surface area (Å²) in [6.45, 7) is 2.23. The quantitative estimate of drug-likeness (QED) is 0.902. The molecule has 0 heterocycles. The van der Waals surface area contributed by atoms with Crippen molar-refractivity contribution in [1.82, 2.24) is 0 Å². The van der Waals surface area contributed by atoms with Gasteiger partial charge in [-0.2, -0.15) is 11.8 Å². The van der Waals surface area contributed by atoms with Crippen LogP contribution < -0.4 is 5.73 Å². The Balaban J connectivity index is 1.71. The molecule has 1 aromatic carbocycles. The molecule has 0 aliphatic heterocycles. The van der Waals surface area contributed by atoms with Crippen LogP contribution >= 0.6 is 11.8 Å². The Morgan fingerprint density at radius 2 is 2.05 bits per heavy atom. The molecular weight excluding hydrogens is 290 g/mol. The molecule has 4 fully saturated rings. The predicted molar refractivity (Wildman–Crippen MR) is 91.7 cm³/mol. The van der Waals surface area contributed by atoms with E-state index in [1.165, 1.54) is 29.9 Å². The number of amides is 1. The number of nitrogens with two attached hydrogens (primary N) is 1. The largest absolute Gasteiger partial charge is 0.369 e. The number of hydrogen-bond acceptors (Lipinski definition) is 2. The average molecular weight is 315 g/mol. The lowest BCUT2D eigenvalue weighted by atomic mass is 9.62. The van der Waals surface area contributed by atoms with Crippen LogP contribution in [-0.4, -0.2) is 17.4 Å². The van der Waals surface area contributed by atoms with Crippen LogP contribution in [0.3, 0.4) is 0 Å². The standard InChI is InChI=1S/C19H25NOS/c1-2-22-11-15-13-8-18(14-6-4-3-5-7-14)10-16(15)19(9-13,12-18)17(20)21/h3-7,13,15-16H,2,8-12H2,1H3,(H2,20,21). The molecule has 0 radical (unpaired) electrons. The Hall–Kier alpha value is -0.960. The number of rotatable bonds is 5. The number of thioether (sulfide) groups is 1. The maximum Gasteiger partial charge on any atom is 0.223 e. The molecule has 2 nitrogen and oxygen atoms in total. The molecule has 1 amide bonds. The fourth-order valence-electron chi connectivity index (χ4n) is 6.04. The highest BCUT2D eigenvalue weighted by Crippen LogP contribution is 2.72. The Morgan fingerprint density at radius 3 is 2.73 bits per heavy atom. The zero-order valence-electron chi connectivity index (χ0n) is 13.3. The molecule has 5 unspecified atom stereocenters. The molecule has 2 N–H and O–H groups in total. The molecule has 22 heavy (non-hydrogen) atoms. The van der Waals surface area contributed by atoms with Crippen molar-refractivity contribution >= 4 is 17.7 Å². The van der Waals surface area contributed by atoms with Gasteiger partial charge in [0.2, 0.25) is 5.91 Å². The molecular formula is C19H25NOS. The van der Waals surface area contributed by atoms with Crippen molar-refractivity contribution in [2.24, 2.45) is 28.9 Å². The van der Waals surface area contributed by atoms with Crippen LogP contribution in [0.2, 0.25) is 0 Å². The summed E-state index contributed by atoms with van der Waals surface area (Å²) in [4.78, 5) is 12.4. The van der Waals surface area contributed by atoms with Crippen LogP contribution in [0.1, 0.15) is 38.2 Å². The monoisotopic (exact) mass is 315 g/mol. The second-order valence-corrected chi connectivity index (χ2v) is 8.96. The summed E-state index contributed by atoms with van der Waals surface area (Å²) in [6, 6.07) is 10.9. The van der Waals surface area contributed by atoms with Gasteiger partial charge in [-0.1, -0.05) is 37.3 Å². The third kappa shape index (κ3) is 1.84. The molecule has 4 aliphatic rings. The first-order chi connectivity index (χ1) is 10.6. The van der Waals surface area contributed by atoms with Gasteiger partial charge in [-0.15, -0.1) is 0 Å².